The molecule has 0 bridgehead atoms. The number of aryl methyl sites for hydroxylation is 1. The first kappa shape index (κ1) is 27.5. The molecular weight excluding hydrogens is 515 g/mol. The number of rotatable bonds is 8. The number of halogens is 1. The Kier molecular flexibility index (Phi) is 8.69. The summed E-state index contributed by atoms with van der Waals surface area (Å²) >= 11 is 1.11. The number of benzene rings is 3. The van der Waals surface area contributed by atoms with Gasteiger partial charge in [-0.1, -0.05) is 54.2 Å². The normalized spacial score (nSPS) is 14.8. The first-order valence-corrected chi connectivity index (χ1v) is 13.1. The number of carbonyl (C=O) groups excluding carboxylic acids is 2. The second-order valence-corrected chi connectivity index (χ2v) is 9.80. The van der Waals surface area contributed by atoms with Gasteiger partial charge in [-0.3, -0.25) is 9.59 Å². The van der Waals surface area contributed by atoms with Crippen molar-refractivity contribution < 1.29 is 18.7 Å². The monoisotopic (exact) mass is 542 g/mol. The molecule has 0 saturated carbocycles. The highest BCUT2D eigenvalue weighted by Gasteiger charge is 2.36. The number of amides is 2. The summed E-state index contributed by atoms with van der Waals surface area (Å²) in [5, 5.41) is 19.4. The molecule has 3 aromatic carbocycles. The minimum atomic E-state index is -0.967. The minimum Gasteiger partial charge on any atom is -0.497 e. The molecule has 1 atom stereocenters. The zero-order valence-corrected chi connectivity index (χ0v) is 22.5. The summed E-state index contributed by atoms with van der Waals surface area (Å²) in [6.07, 6.45) is 0. The third-order valence-corrected chi connectivity index (χ3v) is 7.22. The van der Waals surface area contributed by atoms with Gasteiger partial charge in [-0.05, 0) is 43.7 Å². The summed E-state index contributed by atoms with van der Waals surface area (Å²) in [4.78, 5) is 26.3. The molecule has 198 valence electrons. The Bertz CT molecular complexity index is 1530. The largest absolute Gasteiger partial charge is 0.497 e. The van der Waals surface area contributed by atoms with Crippen LogP contribution in [0.5, 0.6) is 5.75 Å². The molecule has 9 heteroatoms. The van der Waals surface area contributed by atoms with E-state index < -0.39 is 17.6 Å². The molecule has 0 aliphatic carbocycles. The maximum Gasteiger partial charge on any atom is 0.254 e. The van der Waals surface area contributed by atoms with Gasteiger partial charge in [0.2, 0.25) is 5.91 Å². The van der Waals surface area contributed by atoms with Gasteiger partial charge >= 0.3 is 0 Å². The van der Waals surface area contributed by atoms with E-state index in [1.54, 1.807) is 62.6 Å². The Morgan fingerprint density at radius 1 is 1.05 bits per heavy atom. The molecule has 0 fully saturated rings. The molecule has 0 saturated heterocycles. The summed E-state index contributed by atoms with van der Waals surface area (Å²) in [6, 6.07) is 22.5. The second kappa shape index (κ2) is 12.3. The summed E-state index contributed by atoms with van der Waals surface area (Å²) in [5.41, 5.74) is 3.09. The van der Waals surface area contributed by atoms with Crippen LogP contribution in [-0.4, -0.2) is 24.7 Å². The Labute approximate surface area is 230 Å². The molecule has 3 aromatic rings. The fourth-order valence-electron chi connectivity index (χ4n) is 4.29. The molecule has 7 nitrogen and oxygen atoms in total. The predicted molar refractivity (Wildman–Crippen MR) is 152 cm³/mol. The molecule has 39 heavy (non-hydrogen) atoms. The van der Waals surface area contributed by atoms with E-state index in [2.05, 4.69) is 22.0 Å². The van der Waals surface area contributed by atoms with Crippen LogP contribution in [0.25, 0.3) is 0 Å². The first-order valence-electron chi connectivity index (χ1n) is 12.1. The molecule has 0 unspecified atom stereocenters. The lowest BCUT2D eigenvalue weighted by Crippen LogP contribution is -2.31. The Morgan fingerprint density at radius 2 is 1.79 bits per heavy atom. The maximum atomic E-state index is 15.1. The van der Waals surface area contributed by atoms with Crippen molar-refractivity contribution in [3.05, 3.63) is 112 Å². The zero-order chi connectivity index (χ0) is 27.9. The van der Waals surface area contributed by atoms with Crippen LogP contribution in [-0.2, 0) is 9.59 Å². The van der Waals surface area contributed by atoms with Gasteiger partial charge in [0.05, 0.1) is 35.5 Å². The van der Waals surface area contributed by atoms with Crippen molar-refractivity contribution in [3.63, 3.8) is 0 Å². The number of methoxy groups -OCH3 is 1. The van der Waals surface area contributed by atoms with Crippen LogP contribution < -0.4 is 20.7 Å². The van der Waals surface area contributed by atoms with Crippen molar-refractivity contribution in [2.24, 2.45) is 0 Å². The molecule has 1 aliphatic heterocycles. The molecule has 0 spiro atoms. The van der Waals surface area contributed by atoms with E-state index in [0.717, 1.165) is 17.3 Å². The van der Waals surface area contributed by atoms with Crippen LogP contribution in [0.2, 0.25) is 0 Å². The summed E-state index contributed by atoms with van der Waals surface area (Å²) in [5.74, 6) is -1.67. The fraction of sp³-hybridized carbons (Fsp3) is 0.167. The van der Waals surface area contributed by atoms with Crippen molar-refractivity contribution in [2.75, 3.05) is 23.5 Å². The minimum absolute atomic E-state index is 0.0211. The maximum absolute atomic E-state index is 15.1. The van der Waals surface area contributed by atoms with Crippen LogP contribution >= 0.6 is 11.8 Å². The second-order valence-electron chi connectivity index (χ2n) is 8.81. The number of nitriles is 1. The van der Waals surface area contributed by atoms with Gasteiger partial charge in [0.25, 0.3) is 5.91 Å². The highest BCUT2D eigenvalue weighted by Crippen LogP contribution is 2.42. The van der Waals surface area contributed by atoms with Crippen LogP contribution in [0.3, 0.4) is 0 Å². The van der Waals surface area contributed by atoms with Gasteiger partial charge in [0.1, 0.15) is 11.6 Å². The number of thioether (sulfide) groups is 1. The lowest BCUT2D eigenvalue weighted by molar-refractivity contribution is -0.114. The van der Waals surface area contributed by atoms with Gasteiger partial charge in [0.15, 0.2) is 0 Å². The van der Waals surface area contributed by atoms with E-state index in [9.17, 15) is 14.9 Å². The number of carbonyl (C=O) groups is 2. The van der Waals surface area contributed by atoms with Crippen LogP contribution in [0.4, 0.5) is 15.8 Å². The number of para-hydroxylation sites is 1. The molecule has 1 heterocycles. The Balaban J connectivity index is 1.64. The molecule has 0 radical (unpaired) electrons. The Morgan fingerprint density at radius 3 is 2.51 bits per heavy atom. The van der Waals surface area contributed by atoms with Crippen molar-refractivity contribution in [1.29, 1.82) is 5.26 Å². The molecule has 2 amide bonds. The van der Waals surface area contributed by atoms with E-state index >= 15 is 4.39 Å². The average Bonchev–Trinajstić information content (AvgIpc) is 2.93. The topological polar surface area (TPSA) is 103 Å². The SMILES string of the molecule is COc1cccc(NC(=O)CSC2=C(C#N)[C@H](c3ccccc3F)C(C(=O)Nc3ccccc3C)=C(C)N2)c1. The van der Waals surface area contributed by atoms with Crippen molar-refractivity contribution in [3.8, 4) is 11.8 Å². The van der Waals surface area contributed by atoms with Gasteiger partial charge in [-0.2, -0.15) is 5.26 Å². The molecule has 0 aromatic heterocycles. The lowest BCUT2D eigenvalue weighted by atomic mass is 9.82. The zero-order valence-electron chi connectivity index (χ0n) is 21.7. The van der Waals surface area contributed by atoms with Gasteiger partial charge in [0, 0.05) is 34.3 Å². The third-order valence-electron chi connectivity index (χ3n) is 6.20. The van der Waals surface area contributed by atoms with Crippen molar-refractivity contribution in [2.45, 2.75) is 19.8 Å². The van der Waals surface area contributed by atoms with Crippen LogP contribution in [0.1, 0.15) is 24.0 Å². The number of dihydropyridines is 1. The molecular formula is C30H27FN4O3S. The molecule has 3 N–H and O–H groups in total. The smallest absolute Gasteiger partial charge is 0.254 e. The van der Waals surface area contributed by atoms with E-state index in [1.165, 1.54) is 6.07 Å². The van der Waals surface area contributed by atoms with E-state index in [0.29, 0.717) is 27.9 Å². The summed E-state index contributed by atoms with van der Waals surface area (Å²) in [6.45, 7) is 3.57. The standard InChI is InChI=1S/C30H27FN4O3S/c1-18-9-4-7-14-25(18)35-29(37)27-19(2)33-30(23(16-32)28(27)22-12-5-6-13-24(22)31)39-17-26(36)34-20-10-8-11-21(15-20)38-3/h4-15,28,33H,17H2,1-3H3,(H,34,36)(H,35,37)/t28-/m0/s1. The highest BCUT2D eigenvalue weighted by atomic mass is 32.2. The lowest BCUT2D eigenvalue weighted by Gasteiger charge is -2.30. The quantitative estimate of drug-likeness (QED) is 0.330. The summed E-state index contributed by atoms with van der Waals surface area (Å²) < 4.78 is 20.3. The summed E-state index contributed by atoms with van der Waals surface area (Å²) in [7, 11) is 1.54. The van der Waals surface area contributed by atoms with Crippen LogP contribution in [0.15, 0.2) is 94.7 Å². The van der Waals surface area contributed by atoms with E-state index in [-0.39, 0.29) is 28.4 Å². The predicted octanol–water partition coefficient (Wildman–Crippen LogP) is 5.85. The number of hydrogen-bond donors (Lipinski definition) is 3. The van der Waals surface area contributed by atoms with Crippen molar-refractivity contribution >= 4 is 35.0 Å². The van der Waals surface area contributed by atoms with Gasteiger partial charge in [-0.15, -0.1) is 0 Å². The molecule has 4 rings (SSSR count). The van der Waals surface area contributed by atoms with Crippen LogP contribution in [0, 0.1) is 24.1 Å². The Hall–Kier alpha value is -4.55. The average molecular weight is 543 g/mol. The van der Waals surface area contributed by atoms with Gasteiger partial charge in [-0.25, -0.2) is 4.39 Å². The third kappa shape index (κ3) is 6.30. The van der Waals surface area contributed by atoms with Crippen molar-refractivity contribution in [1.82, 2.24) is 5.32 Å². The van der Waals surface area contributed by atoms with E-state index in [4.69, 9.17) is 4.74 Å². The highest BCUT2D eigenvalue weighted by molar-refractivity contribution is 8.03. The van der Waals surface area contributed by atoms with Gasteiger partial charge < -0.3 is 20.7 Å². The number of ether oxygens (including phenoxy) is 1. The number of anilines is 2. The number of allylic oxidation sites excluding steroid dienone is 2. The first-order chi connectivity index (χ1) is 18.8. The fourth-order valence-corrected chi connectivity index (χ4v) is 5.18. The van der Waals surface area contributed by atoms with E-state index in [1.807, 2.05) is 25.1 Å². The number of nitrogens with zero attached hydrogens (tertiary/aromatic N) is 1. The number of nitrogens with one attached hydrogen (secondary N) is 3. The molecule has 1 aliphatic rings. The number of hydrogen-bond acceptors (Lipinski definition) is 6.